The van der Waals surface area contributed by atoms with E-state index < -0.39 is 29.6 Å². The molecular formula is C34H44O5. The fraction of sp³-hybridized carbons (Fsp3) is 0.471. The van der Waals surface area contributed by atoms with Gasteiger partial charge in [0.1, 0.15) is 12.2 Å². The molecule has 3 rings (SSSR count). The van der Waals surface area contributed by atoms with Crippen molar-refractivity contribution >= 4 is 17.5 Å². The van der Waals surface area contributed by atoms with Crippen molar-refractivity contribution in [2.75, 3.05) is 6.61 Å². The highest BCUT2D eigenvalue weighted by atomic mass is 16.5. The largest absolute Gasteiger partial charge is 0.481 e. The number of aryl methyl sites for hydroxylation is 1. The van der Waals surface area contributed by atoms with Crippen LogP contribution in [0.15, 0.2) is 66.8 Å². The van der Waals surface area contributed by atoms with Crippen LogP contribution in [0.3, 0.4) is 0 Å². The number of benzene rings is 2. The smallest absolute Gasteiger partial charge is 0.329 e. The Morgan fingerprint density at radius 2 is 1.59 bits per heavy atom. The lowest BCUT2D eigenvalue weighted by molar-refractivity contribution is -0.160. The molecule has 0 heterocycles. The first-order valence-electron chi connectivity index (χ1n) is 14.1. The van der Waals surface area contributed by atoms with Crippen molar-refractivity contribution < 1.29 is 24.5 Å². The molecule has 0 radical (unpaired) electrons. The number of carbonyl (C=O) groups is 2. The zero-order valence-corrected chi connectivity index (χ0v) is 24.2. The molecule has 2 aromatic rings. The average molecular weight is 533 g/mol. The summed E-state index contributed by atoms with van der Waals surface area (Å²) in [4.78, 5) is 23.0. The normalized spacial score (nSPS) is 21.0. The maximum absolute atomic E-state index is 11.8. The maximum atomic E-state index is 11.8. The van der Waals surface area contributed by atoms with E-state index >= 15 is 0 Å². The standard InChI is InChI=1S/C34H44O5/c1-23(2)18-28-19-26(13-15-31(35)36)12-14-30(28)27-16-17-34(39-22-32(37)38,29-10-8-7-9-11-29)33(21-27,25(5)6)20-24(3)4/h7-12,14,16-17,19,21,23-25H,13,15,18,20,22H2,1-6H3,(H,35,36)(H,37,38). The van der Waals surface area contributed by atoms with Gasteiger partial charge in [-0.1, -0.05) is 102 Å². The highest BCUT2D eigenvalue weighted by Crippen LogP contribution is 2.57. The van der Waals surface area contributed by atoms with E-state index in [-0.39, 0.29) is 12.3 Å². The summed E-state index contributed by atoms with van der Waals surface area (Å²) in [6.07, 6.45) is 8.80. The molecule has 0 spiro atoms. The number of hydrogen-bond donors (Lipinski definition) is 2. The Labute approximate surface area is 233 Å². The molecule has 0 aliphatic heterocycles. The minimum Gasteiger partial charge on any atom is -0.481 e. The minimum absolute atomic E-state index is 0.106. The number of rotatable bonds is 13. The molecule has 0 saturated heterocycles. The topological polar surface area (TPSA) is 83.8 Å². The SMILES string of the molecule is CC(C)Cc1cc(CCC(=O)O)ccc1C1=CC(CC(C)C)(C(C)C)C(OCC(=O)O)(c2ccccc2)C=C1. The quantitative estimate of drug-likeness (QED) is 0.278. The van der Waals surface area contributed by atoms with Crippen LogP contribution in [-0.2, 0) is 32.8 Å². The van der Waals surface area contributed by atoms with Gasteiger partial charge in [0.25, 0.3) is 0 Å². The van der Waals surface area contributed by atoms with E-state index in [2.05, 4.69) is 71.9 Å². The number of carboxylic acids is 2. The molecule has 1 aliphatic carbocycles. The predicted molar refractivity (Wildman–Crippen MR) is 156 cm³/mol. The van der Waals surface area contributed by atoms with Crippen LogP contribution in [0, 0.1) is 23.2 Å². The third kappa shape index (κ3) is 6.88. The van der Waals surface area contributed by atoms with Crippen LogP contribution in [0.5, 0.6) is 0 Å². The van der Waals surface area contributed by atoms with E-state index in [1.54, 1.807) is 0 Å². The van der Waals surface area contributed by atoms with Crippen LogP contribution < -0.4 is 0 Å². The summed E-state index contributed by atoms with van der Waals surface area (Å²) in [7, 11) is 0. The van der Waals surface area contributed by atoms with Crippen molar-refractivity contribution in [2.24, 2.45) is 23.2 Å². The van der Waals surface area contributed by atoms with Crippen LogP contribution in [0.2, 0.25) is 0 Å². The van der Waals surface area contributed by atoms with Gasteiger partial charge in [-0.15, -0.1) is 0 Å². The van der Waals surface area contributed by atoms with Crippen LogP contribution in [0.1, 0.15) is 76.6 Å². The Kier molecular flexibility index (Phi) is 9.95. The Balaban J connectivity index is 2.25. The van der Waals surface area contributed by atoms with Crippen LogP contribution >= 0.6 is 0 Å². The van der Waals surface area contributed by atoms with Gasteiger partial charge < -0.3 is 14.9 Å². The molecule has 0 saturated carbocycles. The monoisotopic (exact) mass is 532 g/mol. The van der Waals surface area contributed by atoms with Gasteiger partial charge in [0.15, 0.2) is 0 Å². The third-order valence-corrected chi connectivity index (χ3v) is 7.74. The number of carboxylic acid groups (broad SMARTS) is 2. The summed E-state index contributed by atoms with van der Waals surface area (Å²) >= 11 is 0. The fourth-order valence-electron chi connectivity index (χ4n) is 6.12. The van der Waals surface area contributed by atoms with E-state index in [1.807, 2.05) is 36.4 Å². The first kappa shape index (κ1) is 30.4. The summed E-state index contributed by atoms with van der Waals surface area (Å²) in [5, 5.41) is 18.8. The van der Waals surface area contributed by atoms with E-state index in [4.69, 9.17) is 4.74 Å². The molecule has 5 heteroatoms. The Bertz CT molecular complexity index is 1210. The van der Waals surface area contributed by atoms with Gasteiger partial charge in [-0.3, -0.25) is 4.79 Å². The Morgan fingerprint density at radius 3 is 2.15 bits per heavy atom. The summed E-state index contributed by atoms with van der Waals surface area (Å²) in [5.41, 5.74) is 3.93. The van der Waals surface area contributed by atoms with E-state index in [0.717, 1.165) is 35.1 Å². The lowest BCUT2D eigenvalue weighted by Gasteiger charge is -2.53. The zero-order valence-electron chi connectivity index (χ0n) is 24.2. The minimum atomic E-state index is -0.994. The van der Waals surface area contributed by atoms with Gasteiger partial charge in [-0.05, 0) is 70.9 Å². The fourth-order valence-corrected chi connectivity index (χ4v) is 6.12. The van der Waals surface area contributed by atoms with Gasteiger partial charge in [-0.25, -0.2) is 4.79 Å². The molecule has 1 aliphatic rings. The average Bonchev–Trinajstić information content (AvgIpc) is 2.86. The Morgan fingerprint density at radius 1 is 0.897 bits per heavy atom. The van der Waals surface area contributed by atoms with E-state index in [1.165, 1.54) is 5.56 Å². The predicted octanol–water partition coefficient (Wildman–Crippen LogP) is 7.54. The first-order valence-corrected chi connectivity index (χ1v) is 14.1. The Hall–Kier alpha value is -3.18. The molecule has 0 fully saturated rings. The van der Waals surface area contributed by atoms with Gasteiger partial charge in [0.05, 0.1) is 0 Å². The molecule has 0 aromatic heterocycles. The van der Waals surface area contributed by atoms with Gasteiger partial charge >= 0.3 is 11.9 Å². The van der Waals surface area contributed by atoms with Crippen LogP contribution in [-0.4, -0.2) is 28.8 Å². The second-order valence-corrected chi connectivity index (χ2v) is 12.0. The highest BCUT2D eigenvalue weighted by Gasteiger charge is 2.54. The zero-order chi connectivity index (χ0) is 28.8. The molecule has 39 heavy (non-hydrogen) atoms. The lowest BCUT2D eigenvalue weighted by Crippen LogP contribution is -2.51. The molecule has 2 atom stereocenters. The van der Waals surface area contributed by atoms with Crippen molar-refractivity contribution in [3.8, 4) is 0 Å². The van der Waals surface area contributed by atoms with Crippen molar-refractivity contribution in [3.63, 3.8) is 0 Å². The van der Waals surface area contributed by atoms with Crippen molar-refractivity contribution in [2.45, 2.75) is 72.8 Å². The second kappa shape index (κ2) is 12.8. The van der Waals surface area contributed by atoms with Crippen molar-refractivity contribution in [3.05, 3.63) is 89.0 Å². The third-order valence-electron chi connectivity index (χ3n) is 7.74. The molecule has 210 valence electrons. The lowest BCUT2D eigenvalue weighted by atomic mass is 9.56. The summed E-state index contributed by atoms with van der Waals surface area (Å²) in [5.74, 6) is -0.888. The summed E-state index contributed by atoms with van der Waals surface area (Å²) < 4.78 is 6.46. The first-order chi connectivity index (χ1) is 18.4. The van der Waals surface area contributed by atoms with E-state index in [0.29, 0.717) is 18.3 Å². The van der Waals surface area contributed by atoms with Gasteiger partial charge in [-0.2, -0.15) is 0 Å². The molecule has 2 unspecified atom stereocenters. The molecule has 0 bridgehead atoms. The maximum Gasteiger partial charge on any atom is 0.329 e. The number of ether oxygens (including phenoxy) is 1. The van der Waals surface area contributed by atoms with Crippen molar-refractivity contribution in [1.29, 1.82) is 0 Å². The molecular weight excluding hydrogens is 488 g/mol. The number of aliphatic carboxylic acids is 2. The van der Waals surface area contributed by atoms with Gasteiger partial charge in [0, 0.05) is 11.8 Å². The molecule has 0 amide bonds. The molecule has 2 N–H and O–H groups in total. The summed E-state index contributed by atoms with van der Waals surface area (Å²) in [6, 6.07) is 16.3. The molecule has 5 nitrogen and oxygen atoms in total. The highest BCUT2D eigenvalue weighted by molar-refractivity contribution is 5.79. The molecule has 2 aromatic carbocycles. The van der Waals surface area contributed by atoms with Crippen LogP contribution in [0.4, 0.5) is 0 Å². The summed E-state index contributed by atoms with van der Waals surface area (Å²) in [6.45, 7) is 12.8. The number of hydrogen-bond acceptors (Lipinski definition) is 3. The second-order valence-electron chi connectivity index (χ2n) is 12.0. The van der Waals surface area contributed by atoms with Crippen molar-refractivity contribution in [1.82, 2.24) is 0 Å². The van der Waals surface area contributed by atoms with Gasteiger partial charge in [0.2, 0.25) is 0 Å². The van der Waals surface area contributed by atoms with E-state index in [9.17, 15) is 19.8 Å². The number of allylic oxidation sites excluding steroid dienone is 2. The van der Waals surface area contributed by atoms with Crippen LogP contribution in [0.25, 0.3) is 5.57 Å².